The SMILES string of the molecule is O=C(O)/C(=C/c1ccccc1)CCc1ccccc1. The zero-order valence-electron chi connectivity index (χ0n) is 10.6. The van der Waals surface area contributed by atoms with E-state index in [4.69, 9.17) is 0 Å². The lowest BCUT2D eigenvalue weighted by Crippen LogP contribution is -2.02. The molecule has 0 aliphatic heterocycles. The highest BCUT2D eigenvalue weighted by atomic mass is 16.4. The van der Waals surface area contributed by atoms with Crippen molar-refractivity contribution in [3.63, 3.8) is 0 Å². The van der Waals surface area contributed by atoms with Crippen molar-refractivity contribution in [1.29, 1.82) is 0 Å². The number of hydrogen-bond acceptors (Lipinski definition) is 1. The highest BCUT2D eigenvalue weighted by Gasteiger charge is 2.07. The molecule has 0 heterocycles. The van der Waals surface area contributed by atoms with Crippen LogP contribution in [0.1, 0.15) is 17.5 Å². The van der Waals surface area contributed by atoms with Gasteiger partial charge in [-0.3, -0.25) is 0 Å². The summed E-state index contributed by atoms with van der Waals surface area (Å²) >= 11 is 0. The third kappa shape index (κ3) is 4.11. The van der Waals surface area contributed by atoms with E-state index >= 15 is 0 Å². The molecule has 1 N–H and O–H groups in total. The molecule has 0 aromatic heterocycles. The van der Waals surface area contributed by atoms with Crippen LogP contribution in [0.15, 0.2) is 66.2 Å². The molecule has 0 saturated heterocycles. The van der Waals surface area contributed by atoms with Crippen molar-refractivity contribution in [2.24, 2.45) is 0 Å². The van der Waals surface area contributed by atoms with E-state index in [0.717, 1.165) is 17.5 Å². The summed E-state index contributed by atoms with van der Waals surface area (Å²) in [5.74, 6) is -0.847. The Morgan fingerprint density at radius 3 is 2.11 bits per heavy atom. The molecule has 2 nitrogen and oxygen atoms in total. The van der Waals surface area contributed by atoms with E-state index in [1.165, 1.54) is 0 Å². The zero-order chi connectivity index (χ0) is 13.5. The first-order valence-corrected chi connectivity index (χ1v) is 6.28. The van der Waals surface area contributed by atoms with Crippen molar-refractivity contribution in [3.8, 4) is 0 Å². The molecule has 2 rings (SSSR count). The molecule has 2 aromatic rings. The molecule has 0 aliphatic carbocycles. The molecule has 0 radical (unpaired) electrons. The number of aliphatic carboxylic acids is 1. The molecular formula is C17H16O2. The number of benzene rings is 2. The number of carboxylic acid groups (broad SMARTS) is 1. The highest BCUT2D eigenvalue weighted by molar-refractivity contribution is 5.92. The lowest BCUT2D eigenvalue weighted by molar-refractivity contribution is -0.132. The van der Waals surface area contributed by atoms with Gasteiger partial charge in [0.1, 0.15) is 0 Å². The van der Waals surface area contributed by atoms with Crippen molar-refractivity contribution < 1.29 is 9.90 Å². The Morgan fingerprint density at radius 2 is 1.53 bits per heavy atom. The summed E-state index contributed by atoms with van der Waals surface area (Å²) in [6.07, 6.45) is 3.02. The van der Waals surface area contributed by atoms with Gasteiger partial charge in [-0.25, -0.2) is 4.79 Å². The molecule has 0 aliphatic rings. The molecular weight excluding hydrogens is 236 g/mol. The van der Waals surface area contributed by atoms with Crippen LogP contribution in [-0.2, 0) is 11.2 Å². The number of carboxylic acids is 1. The molecule has 0 spiro atoms. The Balaban J connectivity index is 2.09. The molecule has 19 heavy (non-hydrogen) atoms. The van der Waals surface area contributed by atoms with Gasteiger partial charge in [0.2, 0.25) is 0 Å². The minimum absolute atomic E-state index is 0.440. The molecule has 2 aromatic carbocycles. The van der Waals surface area contributed by atoms with Crippen molar-refractivity contribution in [2.45, 2.75) is 12.8 Å². The highest BCUT2D eigenvalue weighted by Crippen LogP contribution is 2.13. The Bertz CT molecular complexity index is 556. The first-order chi connectivity index (χ1) is 9.25. The summed E-state index contributed by atoms with van der Waals surface area (Å²) in [6, 6.07) is 19.5. The average molecular weight is 252 g/mol. The van der Waals surface area contributed by atoms with Gasteiger partial charge in [0.05, 0.1) is 0 Å². The topological polar surface area (TPSA) is 37.3 Å². The molecule has 0 saturated carbocycles. The molecule has 0 amide bonds. The van der Waals surface area contributed by atoms with Crippen LogP contribution in [0.4, 0.5) is 0 Å². The van der Waals surface area contributed by atoms with Crippen molar-refractivity contribution in [3.05, 3.63) is 77.4 Å². The summed E-state index contributed by atoms with van der Waals surface area (Å²) in [4.78, 5) is 11.3. The maximum absolute atomic E-state index is 11.3. The van der Waals surface area contributed by atoms with E-state index in [2.05, 4.69) is 0 Å². The molecule has 0 bridgehead atoms. The molecule has 0 atom stereocenters. The molecule has 0 fully saturated rings. The zero-order valence-corrected chi connectivity index (χ0v) is 10.6. The second-order valence-corrected chi connectivity index (χ2v) is 4.37. The van der Waals surface area contributed by atoms with Gasteiger partial charge in [-0.2, -0.15) is 0 Å². The van der Waals surface area contributed by atoms with E-state index in [1.807, 2.05) is 60.7 Å². The first-order valence-electron chi connectivity index (χ1n) is 6.28. The van der Waals surface area contributed by atoms with Gasteiger partial charge in [0, 0.05) is 5.57 Å². The predicted molar refractivity (Wildman–Crippen MR) is 76.8 cm³/mol. The van der Waals surface area contributed by atoms with Crippen LogP contribution in [-0.4, -0.2) is 11.1 Å². The van der Waals surface area contributed by atoms with Gasteiger partial charge in [0.25, 0.3) is 0 Å². The Kier molecular flexibility index (Phi) is 4.51. The van der Waals surface area contributed by atoms with Crippen LogP contribution in [0.3, 0.4) is 0 Å². The van der Waals surface area contributed by atoms with Crippen LogP contribution in [0, 0.1) is 0 Å². The Labute approximate surface area is 113 Å². The summed E-state index contributed by atoms with van der Waals surface area (Å²) in [5.41, 5.74) is 2.52. The van der Waals surface area contributed by atoms with Crippen molar-refractivity contribution in [1.82, 2.24) is 0 Å². The average Bonchev–Trinajstić information content (AvgIpc) is 2.45. The number of hydrogen-bond donors (Lipinski definition) is 1. The number of aryl methyl sites for hydroxylation is 1. The quantitative estimate of drug-likeness (QED) is 0.822. The van der Waals surface area contributed by atoms with E-state index in [-0.39, 0.29) is 0 Å². The number of carbonyl (C=O) groups is 1. The van der Waals surface area contributed by atoms with Crippen LogP contribution >= 0.6 is 0 Å². The fourth-order valence-electron chi connectivity index (χ4n) is 1.91. The summed E-state index contributed by atoms with van der Waals surface area (Å²) in [6.45, 7) is 0. The third-order valence-electron chi connectivity index (χ3n) is 2.94. The van der Waals surface area contributed by atoms with E-state index < -0.39 is 5.97 Å². The van der Waals surface area contributed by atoms with Gasteiger partial charge in [-0.1, -0.05) is 60.7 Å². The van der Waals surface area contributed by atoms with E-state index in [1.54, 1.807) is 6.08 Å². The van der Waals surface area contributed by atoms with E-state index in [9.17, 15) is 9.90 Å². The summed E-state index contributed by atoms with van der Waals surface area (Å²) in [5, 5.41) is 9.24. The minimum atomic E-state index is -0.847. The predicted octanol–water partition coefficient (Wildman–Crippen LogP) is 3.79. The normalized spacial score (nSPS) is 11.3. The maximum atomic E-state index is 11.3. The van der Waals surface area contributed by atoms with Gasteiger partial charge >= 0.3 is 5.97 Å². The third-order valence-corrected chi connectivity index (χ3v) is 2.94. The van der Waals surface area contributed by atoms with E-state index in [0.29, 0.717) is 12.0 Å². The molecule has 96 valence electrons. The summed E-state index contributed by atoms with van der Waals surface area (Å²) in [7, 11) is 0. The standard InChI is InChI=1S/C17H16O2/c18-17(19)16(13-15-9-5-2-6-10-15)12-11-14-7-3-1-4-8-14/h1-10,13H,11-12H2,(H,18,19)/b16-13+. The second kappa shape index (κ2) is 6.55. The van der Waals surface area contributed by atoms with Gasteiger partial charge in [-0.15, -0.1) is 0 Å². The fourth-order valence-corrected chi connectivity index (χ4v) is 1.91. The Hall–Kier alpha value is -2.35. The largest absolute Gasteiger partial charge is 0.478 e. The second-order valence-electron chi connectivity index (χ2n) is 4.37. The lowest BCUT2D eigenvalue weighted by Gasteiger charge is -2.03. The maximum Gasteiger partial charge on any atom is 0.331 e. The minimum Gasteiger partial charge on any atom is -0.478 e. The summed E-state index contributed by atoms with van der Waals surface area (Å²) < 4.78 is 0. The van der Waals surface area contributed by atoms with Gasteiger partial charge in [0.15, 0.2) is 0 Å². The first kappa shape index (κ1) is 13.1. The van der Waals surface area contributed by atoms with Gasteiger partial charge < -0.3 is 5.11 Å². The Morgan fingerprint density at radius 1 is 0.947 bits per heavy atom. The lowest BCUT2D eigenvalue weighted by atomic mass is 10.0. The molecule has 0 unspecified atom stereocenters. The smallest absolute Gasteiger partial charge is 0.331 e. The monoisotopic (exact) mass is 252 g/mol. The van der Waals surface area contributed by atoms with Crippen LogP contribution in [0.5, 0.6) is 0 Å². The van der Waals surface area contributed by atoms with Crippen molar-refractivity contribution >= 4 is 12.0 Å². The van der Waals surface area contributed by atoms with Crippen LogP contribution < -0.4 is 0 Å². The van der Waals surface area contributed by atoms with Crippen LogP contribution in [0.25, 0.3) is 6.08 Å². The van der Waals surface area contributed by atoms with Crippen LogP contribution in [0.2, 0.25) is 0 Å². The van der Waals surface area contributed by atoms with Gasteiger partial charge in [-0.05, 0) is 30.0 Å². The number of rotatable bonds is 5. The fraction of sp³-hybridized carbons (Fsp3) is 0.118. The molecule has 2 heteroatoms. The van der Waals surface area contributed by atoms with Crippen molar-refractivity contribution in [2.75, 3.05) is 0 Å².